The van der Waals surface area contributed by atoms with Crippen LogP contribution in [0.2, 0.25) is 0 Å². The van der Waals surface area contributed by atoms with Crippen molar-refractivity contribution in [2.45, 2.75) is 38.8 Å². The Bertz CT molecular complexity index is 1110. The third kappa shape index (κ3) is 5.28. The summed E-state index contributed by atoms with van der Waals surface area (Å²) in [7, 11) is 0. The third-order valence-electron chi connectivity index (χ3n) is 6.21. The van der Waals surface area contributed by atoms with Crippen molar-refractivity contribution in [2.24, 2.45) is 0 Å². The van der Waals surface area contributed by atoms with Gasteiger partial charge in [0, 0.05) is 38.7 Å². The average Bonchev–Trinajstić information content (AvgIpc) is 3.11. The topological polar surface area (TPSA) is 63.7 Å². The van der Waals surface area contributed by atoms with Crippen LogP contribution in [0, 0.1) is 0 Å². The minimum absolute atomic E-state index is 0.0267. The minimum Gasteiger partial charge on any atom is -0.490 e. The fourth-order valence-corrected chi connectivity index (χ4v) is 4.31. The molecule has 0 fully saturated rings. The lowest BCUT2D eigenvalue weighted by molar-refractivity contribution is -0.121. The standard InChI is InChI=1S/C27H29N3O3/c31-27(11-8-20-6-9-24-25(16-20)33-15-3-14-32-24)29-18-21-7-10-26(28-17-21)30-13-12-22-4-1-2-5-23(22)19-30/h1-2,4-7,9-10,16-17H,3,8,11-15,18-19H2,(H,29,31). The molecule has 0 unspecified atom stereocenters. The molecule has 3 heterocycles. The molecule has 170 valence electrons. The molecule has 2 aliphatic heterocycles. The van der Waals surface area contributed by atoms with E-state index in [1.807, 2.05) is 36.5 Å². The molecule has 5 rings (SSSR count). The zero-order valence-corrected chi connectivity index (χ0v) is 18.8. The van der Waals surface area contributed by atoms with E-state index >= 15 is 0 Å². The number of fused-ring (bicyclic) bond motifs is 2. The SMILES string of the molecule is O=C(CCc1ccc2c(c1)OCCCO2)NCc1ccc(N2CCc3ccccc3C2)nc1. The van der Waals surface area contributed by atoms with Crippen LogP contribution < -0.4 is 19.7 Å². The van der Waals surface area contributed by atoms with E-state index in [0.717, 1.165) is 54.4 Å². The highest BCUT2D eigenvalue weighted by atomic mass is 16.5. The van der Waals surface area contributed by atoms with Crippen molar-refractivity contribution in [3.8, 4) is 11.5 Å². The van der Waals surface area contributed by atoms with E-state index in [2.05, 4.69) is 39.5 Å². The van der Waals surface area contributed by atoms with Crippen LogP contribution in [0.5, 0.6) is 11.5 Å². The zero-order valence-electron chi connectivity index (χ0n) is 18.8. The quantitative estimate of drug-likeness (QED) is 0.623. The number of hydrogen-bond acceptors (Lipinski definition) is 5. The molecule has 0 radical (unpaired) electrons. The first-order chi connectivity index (χ1) is 16.2. The van der Waals surface area contributed by atoms with E-state index < -0.39 is 0 Å². The minimum atomic E-state index is 0.0267. The lowest BCUT2D eigenvalue weighted by Crippen LogP contribution is -2.31. The van der Waals surface area contributed by atoms with E-state index in [1.165, 1.54) is 11.1 Å². The maximum atomic E-state index is 12.4. The fraction of sp³-hybridized carbons (Fsp3) is 0.333. The van der Waals surface area contributed by atoms with Gasteiger partial charge in [-0.1, -0.05) is 36.4 Å². The fourth-order valence-electron chi connectivity index (χ4n) is 4.31. The number of aromatic nitrogens is 1. The number of amides is 1. The predicted molar refractivity (Wildman–Crippen MR) is 128 cm³/mol. The molecule has 1 N–H and O–H groups in total. The summed E-state index contributed by atoms with van der Waals surface area (Å²) in [5, 5.41) is 3.01. The summed E-state index contributed by atoms with van der Waals surface area (Å²) >= 11 is 0. The number of anilines is 1. The molecule has 1 amide bonds. The van der Waals surface area contributed by atoms with E-state index in [-0.39, 0.29) is 5.91 Å². The molecule has 0 saturated carbocycles. The molecule has 0 spiro atoms. The Kier molecular flexibility index (Phi) is 6.42. The largest absolute Gasteiger partial charge is 0.490 e. The van der Waals surface area contributed by atoms with Crippen molar-refractivity contribution in [2.75, 3.05) is 24.7 Å². The summed E-state index contributed by atoms with van der Waals surface area (Å²) < 4.78 is 11.4. The molecule has 3 aromatic rings. The van der Waals surface area contributed by atoms with Gasteiger partial charge in [0.1, 0.15) is 5.82 Å². The van der Waals surface area contributed by atoms with Crippen LogP contribution in [0.4, 0.5) is 5.82 Å². The van der Waals surface area contributed by atoms with Crippen molar-refractivity contribution < 1.29 is 14.3 Å². The van der Waals surface area contributed by atoms with Crippen LogP contribution in [-0.4, -0.2) is 30.6 Å². The lowest BCUT2D eigenvalue weighted by Gasteiger charge is -2.29. The number of pyridine rings is 1. The Balaban J connectivity index is 1.10. The Morgan fingerprint density at radius 3 is 2.64 bits per heavy atom. The summed E-state index contributed by atoms with van der Waals surface area (Å²) in [6, 6.07) is 18.6. The number of rotatable bonds is 6. The highest BCUT2D eigenvalue weighted by Gasteiger charge is 2.17. The smallest absolute Gasteiger partial charge is 0.220 e. The molecule has 6 heteroatoms. The van der Waals surface area contributed by atoms with Gasteiger partial charge in [0.25, 0.3) is 0 Å². The summed E-state index contributed by atoms with van der Waals surface area (Å²) in [4.78, 5) is 19.3. The van der Waals surface area contributed by atoms with Gasteiger partial charge >= 0.3 is 0 Å². The van der Waals surface area contributed by atoms with Gasteiger partial charge in [-0.05, 0) is 53.3 Å². The van der Waals surface area contributed by atoms with Crippen LogP contribution in [0.1, 0.15) is 35.1 Å². The van der Waals surface area contributed by atoms with Crippen molar-refractivity contribution >= 4 is 11.7 Å². The van der Waals surface area contributed by atoms with Gasteiger partial charge in [-0.3, -0.25) is 4.79 Å². The van der Waals surface area contributed by atoms with Crippen LogP contribution >= 0.6 is 0 Å². The third-order valence-corrected chi connectivity index (χ3v) is 6.21. The molecule has 0 bridgehead atoms. The van der Waals surface area contributed by atoms with Gasteiger partial charge in [0.2, 0.25) is 5.91 Å². The van der Waals surface area contributed by atoms with Crippen molar-refractivity contribution in [1.82, 2.24) is 10.3 Å². The number of carbonyl (C=O) groups is 1. The second-order valence-corrected chi connectivity index (χ2v) is 8.57. The number of ether oxygens (including phenoxy) is 2. The molecular weight excluding hydrogens is 414 g/mol. The Morgan fingerprint density at radius 1 is 0.970 bits per heavy atom. The summed E-state index contributed by atoms with van der Waals surface area (Å²) in [6.45, 7) is 3.68. The highest BCUT2D eigenvalue weighted by molar-refractivity contribution is 5.76. The van der Waals surface area contributed by atoms with Gasteiger partial charge in [-0.2, -0.15) is 0 Å². The van der Waals surface area contributed by atoms with E-state index in [9.17, 15) is 4.79 Å². The lowest BCUT2D eigenvalue weighted by atomic mass is 10.00. The molecule has 0 aliphatic carbocycles. The second-order valence-electron chi connectivity index (χ2n) is 8.57. The number of aryl methyl sites for hydroxylation is 1. The Labute approximate surface area is 194 Å². The monoisotopic (exact) mass is 443 g/mol. The van der Waals surface area contributed by atoms with Gasteiger partial charge < -0.3 is 19.7 Å². The second kappa shape index (κ2) is 9.94. The summed E-state index contributed by atoms with van der Waals surface area (Å²) in [6.07, 6.45) is 4.88. The van der Waals surface area contributed by atoms with Crippen molar-refractivity contribution in [3.05, 3.63) is 83.0 Å². The summed E-state index contributed by atoms with van der Waals surface area (Å²) in [5.74, 6) is 2.56. The molecule has 0 saturated heterocycles. The van der Waals surface area contributed by atoms with Crippen molar-refractivity contribution in [1.29, 1.82) is 0 Å². The molecular formula is C27H29N3O3. The predicted octanol–water partition coefficient (Wildman–Crippen LogP) is 4.05. The maximum Gasteiger partial charge on any atom is 0.220 e. The number of nitrogens with one attached hydrogen (secondary N) is 1. The van der Waals surface area contributed by atoms with E-state index in [4.69, 9.17) is 9.47 Å². The maximum absolute atomic E-state index is 12.4. The van der Waals surface area contributed by atoms with Crippen LogP contribution in [-0.2, 0) is 30.7 Å². The van der Waals surface area contributed by atoms with Crippen LogP contribution in [0.15, 0.2) is 60.8 Å². The normalized spacial score (nSPS) is 14.8. The van der Waals surface area contributed by atoms with Gasteiger partial charge in [-0.15, -0.1) is 0 Å². The highest BCUT2D eigenvalue weighted by Crippen LogP contribution is 2.30. The average molecular weight is 444 g/mol. The van der Waals surface area contributed by atoms with Crippen LogP contribution in [0.3, 0.4) is 0 Å². The molecule has 1 aromatic heterocycles. The van der Waals surface area contributed by atoms with Crippen LogP contribution in [0.25, 0.3) is 0 Å². The molecule has 2 aromatic carbocycles. The Hall–Kier alpha value is -3.54. The molecule has 2 aliphatic rings. The molecule has 33 heavy (non-hydrogen) atoms. The van der Waals surface area contributed by atoms with Gasteiger partial charge in [0.05, 0.1) is 13.2 Å². The number of benzene rings is 2. The Morgan fingerprint density at radius 2 is 1.79 bits per heavy atom. The van der Waals surface area contributed by atoms with Gasteiger partial charge in [0.15, 0.2) is 11.5 Å². The number of nitrogens with zero attached hydrogens (tertiary/aromatic N) is 2. The van der Waals surface area contributed by atoms with Gasteiger partial charge in [-0.25, -0.2) is 4.98 Å². The van der Waals surface area contributed by atoms with Crippen molar-refractivity contribution in [3.63, 3.8) is 0 Å². The summed E-state index contributed by atoms with van der Waals surface area (Å²) in [5.41, 5.74) is 4.87. The van der Waals surface area contributed by atoms with E-state index in [1.54, 1.807) is 0 Å². The number of hydrogen-bond donors (Lipinski definition) is 1. The van der Waals surface area contributed by atoms with E-state index in [0.29, 0.717) is 32.6 Å². The molecule has 6 nitrogen and oxygen atoms in total. The first kappa shape index (κ1) is 21.3. The first-order valence-electron chi connectivity index (χ1n) is 11.7. The number of carbonyl (C=O) groups excluding carboxylic acids is 1. The first-order valence-corrected chi connectivity index (χ1v) is 11.7. The zero-order chi connectivity index (χ0) is 22.5. The molecule has 0 atom stereocenters.